The van der Waals surface area contributed by atoms with Crippen LogP contribution in [-0.2, 0) is 0 Å². The molecule has 0 saturated heterocycles. The number of carbonyl (C=O) groups is 1. The van der Waals surface area contributed by atoms with Crippen molar-refractivity contribution in [3.05, 3.63) is 57.5 Å². The van der Waals surface area contributed by atoms with Gasteiger partial charge in [-0.25, -0.2) is 0 Å². The van der Waals surface area contributed by atoms with Crippen molar-refractivity contribution < 1.29 is 9.52 Å². The van der Waals surface area contributed by atoms with Crippen molar-refractivity contribution in [1.82, 2.24) is 0 Å². The molecule has 0 unspecified atom stereocenters. The number of nitrogens with zero attached hydrogens (tertiary/aromatic N) is 1. The molecule has 2 aromatic rings. The molecule has 0 radical (unpaired) electrons. The first-order valence-corrected chi connectivity index (χ1v) is 5.97. The molecule has 0 bridgehead atoms. The Labute approximate surface area is 119 Å². The highest BCUT2D eigenvalue weighted by molar-refractivity contribution is 6.39. The van der Waals surface area contributed by atoms with E-state index in [2.05, 4.69) is 5.32 Å². The maximum atomic E-state index is 11.9. The molecule has 1 aromatic heterocycles. The summed E-state index contributed by atoms with van der Waals surface area (Å²) in [7, 11) is 0. The van der Waals surface area contributed by atoms with Crippen LogP contribution >= 0.6 is 23.2 Å². The first kappa shape index (κ1) is 13.5. The summed E-state index contributed by atoms with van der Waals surface area (Å²) in [4.78, 5) is 11.9. The van der Waals surface area contributed by atoms with Crippen LogP contribution in [0.5, 0.6) is 0 Å². The van der Waals surface area contributed by atoms with Crippen LogP contribution in [0.25, 0.3) is 0 Å². The topological polar surface area (TPSA) is 82.1 Å². The fourth-order valence-corrected chi connectivity index (χ4v) is 1.91. The van der Waals surface area contributed by atoms with Gasteiger partial charge < -0.3 is 16.3 Å². The number of hydrogen-bond acceptors (Lipinski definition) is 3. The van der Waals surface area contributed by atoms with E-state index < -0.39 is 0 Å². The molecule has 0 spiro atoms. The minimum absolute atomic E-state index is 0.258. The predicted octanol–water partition coefficient (Wildman–Crippen LogP) is 2.46. The van der Waals surface area contributed by atoms with Gasteiger partial charge in [-0.15, -0.1) is 0 Å². The molecule has 3 N–H and O–H groups in total. The zero-order valence-electron chi connectivity index (χ0n) is 9.56. The van der Waals surface area contributed by atoms with Crippen LogP contribution in [0, 0.1) is 5.21 Å². The normalized spacial score (nSPS) is 10.2. The summed E-state index contributed by atoms with van der Waals surface area (Å²) in [5, 5.41) is 14.0. The Kier molecular flexibility index (Phi) is 3.78. The first-order valence-electron chi connectivity index (χ1n) is 5.22. The molecule has 5 nitrogen and oxygen atoms in total. The summed E-state index contributed by atoms with van der Waals surface area (Å²) in [5.41, 5.74) is 6.62. The van der Waals surface area contributed by atoms with Crippen molar-refractivity contribution in [3.8, 4) is 0 Å². The van der Waals surface area contributed by atoms with Gasteiger partial charge in [-0.2, -0.15) is 4.73 Å². The molecule has 0 atom stereocenters. The fraction of sp³-hybridized carbons (Fsp3) is 0. The van der Waals surface area contributed by atoms with E-state index in [0.717, 1.165) is 0 Å². The van der Waals surface area contributed by atoms with Crippen molar-refractivity contribution in [3.63, 3.8) is 0 Å². The summed E-state index contributed by atoms with van der Waals surface area (Å²) >= 11 is 11.7. The highest BCUT2D eigenvalue weighted by Gasteiger charge is 2.10. The van der Waals surface area contributed by atoms with E-state index in [4.69, 9.17) is 28.9 Å². The van der Waals surface area contributed by atoms with Crippen LogP contribution in [0.15, 0.2) is 36.7 Å². The second-order valence-electron chi connectivity index (χ2n) is 3.75. The van der Waals surface area contributed by atoms with Gasteiger partial charge in [0.25, 0.3) is 5.91 Å². The fourth-order valence-electron chi connectivity index (χ4n) is 1.42. The highest BCUT2D eigenvalue weighted by atomic mass is 35.5. The van der Waals surface area contributed by atoms with Gasteiger partial charge in [0.05, 0.1) is 21.3 Å². The molecular formula is C12H9Cl2N3O2. The average molecular weight is 298 g/mol. The van der Waals surface area contributed by atoms with Crippen LogP contribution in [-0.4, -0.2) is 5.91 Å². The third-order valence-corrected chi connectivity index (χ3v) is 3.03. The molecule has 0 aliphatic heterocycles. The van der Waals surface area contributed by atoms with Crippen molar-refractivity contribution in [2.45, 2.75) is 0 Å². The molecule has 19 heavy (non-hydrogen) atoms. The van der Waals surface area contributed by atoms with Gasteiger partial charge >= 0.3 is 0 Å². The predicted molar refractivity (Wildman–Crippen MR) is 74.2 cm³/mol. The van der Waals surface area contributed by atoms with Gasteiger partial charge in [0.2, 0.25) is 0 Å². The van der Waals surface area contributed by atoms with Crippen LogP contribution in [0.3, 0.4) is 0 Å². The van der Waals surface area contributed by atoms with E-state index in [0.29, 0.717) is 16.0 Å². The summed E-state index contributed by atoms with van der Waals surface area (Å²) in [6.45, 7) is 0. The summed E-state index contributed by atoms with van der Waals surface area (Å²) in [5.74, 6) is -0.377. The van der Waals surface area contributed by atoms with Crippen LogP contribution in [0.4, 0.5) is 11.4 Å². The van der Waals surface area contributed by atoms with Gasteiger partial charge in [0.15, 0.2) is 12.4 Å². The minimum Gasteiger partial charge on any atom is -0.619 e. The smallest absolute Gasteiger partial charge is 0.256 e. The third kappa shape index (κ3) is 3.07. The summed E-state index contributed by atoms with van der Waals surface area (Å²) in [6, 6.07) is 5.81. The van der Waals surface area contributed by atoms with Crippen molar-refractivity contribution in [2.75, 3.05) is 11.1 Å². The Hall–Kier alpha value is -1.98. The molecule has 1 aromatic carbocycles. The molecule has 1 heterocycles. The number of halogens is 2. The Morgan fingerprint density at radius 3 is 2.26 bits per heavy atom. The van der Waals surface area contributed by atoms with Crippen LogP contribution in [0.1, 0.15) is 10.4 Å². The van der Waals surface area contributed by atoms with E-state index in [9.17, 15) is 10.0 Å². The lowest BCUT2D eigenvalue weighted by molar-refractivity contribution is -0.605. The summed E-state index contributed by atoms with van der Waals surface area (Å²) < 4.78 is 0.591. The van der Waals surface area contributed by atoms with E-state index >= 15 is 0 Å². The molecule has 0 aliphatic carbocycles. The average Bonchev–Trinajstić information content (AvgIpc) is 2.36. The minimum atomic E-state index is -0.377. The van der Waals surface area contributed by atoms with Crippen molar-refractivity contribution in [2.24, 2.45) is 0 Å². The molecule has 1 amide bonds. The molecule has 0 saturated carbocycles. The standard InChI is InChI=1S/C12H9Cl2N3O2/c13-9-5-8(6-10(14)11(9)15)16-12(18)7-1-3-17(19)4-2-7/h1-6H,15H2,(H,16,18). The van der Waals surface area contributed by atoms with Gasteiger partial charge in [0, 0.05) is 17.8 Å². The van der Waals surface area contributed by atoms with E-state index in [1.807, 2.05) is 0 Å². The number of benzene rings is 1. The van der Waals surface area contributed by atoms with Gasteiger partial charge in [-0.05, 0) is 12.1 Å². The Morgan fingerprint density at radius 1 is 1.21 bits per heavy atom. The zero-order chi connectivity index (χ0) is 14.0. The van der Waals surface area contributed by atoms with Crippen LogP contribution in [0.2, 0.25) is 10.0 Å². The monoisotopic (exact) mass is 297 g/mol. The molecule has 2 rings (SSSR count). The zero-order valence-corrected chi connectivity index (χ0v) is 11.1. The number of nitrogens with two attached hydrogens (primary N) is 1. The number of nitrogen functional groups attached to an aromatic ring is 1. The van der Waals surface area contributed by atoms with E-state index in [1.54, 1.807) is 0 Å². The maximum absolute atomic E-state index is 11.9. The number of carbonyl (C=O) groups excluding carboxylic acids is 1. The lowest BCUT2D eigenvalue weighted by Crippen LogP contribution is -2.25. The second kappa shape index (κ2) is 5.34. The molecule has 7 heteroatoms. The molecule has 98 valence electrons. The number of anilines is 2. The van der Waals surface area contributed by atoms with Gasteiger partial charge in [-0.3, -0.25) is 4.79 Å². The number of nitrogens with one attached hydrogen (secondary N) is 1. The molecular weight excluding hydrogens is 289 g/mol. The lowest BCUT2D eigenvalue weighted by atomic mass is 10.2. The van der Waals surface area contributed by atoms with Crippen molar-refractivity contribution in [1.29, 1.82) is 0 Å². The van der Waals surface area contributed by atoms with Gasteiger partial charge in [0.1, 0.15) is 0 Å². The summed E-state index contributed by atoms with van der Waals surface area (Å²) in [6.07, 6.45) is 2.47. The number of rotatable bonds is 2. The van der Waals surface area contributed by atoms with E-state index in [-0.39, 0.29) is 21.6 Å². The number of aromatic nitrogens is 1. The van der Waals surface area contributed by atoms with Crippen LogP contribution < -0.4 is 15.8 Å². The van der Waals surface area contributed by atoms with E-state index in [1.165, 1.54) is 36.7 Å². The molecule has 0 aliphatic rings. The Morgan fingerprint density at radius 2 is 1.74 bits per heavy atom. The number of pyridine rings is 1. The first-order chi connectivity index (χ1) is 8.97. The Balaban J connectivity index is 2.22. The lowest BCUT2D eigenvalue weighted by Gasteiger charge is -2.08. The maximum Gasteiger partial charge on any atom is 0.256 e. The van der Waals surface area contributed by atoms with Gasteiger partial charge in [-0.1, -0.05) is 23.2 Å². The largest absolute Gasteiger partial charge is 0.619 e. The Bertz CT molecular complexity index is 606. The SMILES string of the molecule is Nc1c(Cl)cc(NC(=O)c2cc[n+]([O-])cc2)cc1Cl. The second-order valence-corrected chi connectivity index (χ2v) is 4.57. The van der Waals surface area contributed by atoms with Crippen molar-refractivity contribution >= 4 is 40.5 Å². The number of hydrogen-bond donors (Lipinski definition) is 2. The highest BCUT2D eigenvalue weighted by Crippen LogP contribution is 2.31. The number of amides is 1. The quantitative estimate of drug-likeness (QED) is 0.507. The third-order valence-electron chi connectivity index (χ3n) is 2.40. The molecule has 0 fully saturated rings.